The first-order valence-electron chi connectivity index (χ1n) is 12.1. The molecule has 1 amide bonds. The van der Waals surface area contributed by atoms with E-state index in [0.29, 0.717) is 25.5 Å². The molecule has 2 atom stereocenters. The molecule has 35 heavy (non-hydrogen) atoms. The quantitative estimate of drug-likeness (QED) is 0.510. The number of fused-ring (bicyclic) bond motifs is 1. The van der Waals surface area contributed by atoms with Crippen LogP contribution in [0.3, 0.4) is 0 Å². The van der Waals surface area contributed by atoms with Crippen LogP contribution in [0.25, 0.3) is 10.9 Å². The van der Waals surface area contributed by atoms with Crippen molar-refractivity contribution in [2.75, 3.05) is 6.54 Å². The fraction of sp³-hybridized carbons (Fsp3) is 0.357. The van der Waals surface area contributed by atoms with Gasteiger partial charge in [-0.15, -0.1) is 0 Å². The standard InChI is InChI=1S/C28H30N2O5/c1-18(32)30-15-24(23-4-2-3-5-25(23)30)22-12-26(28(33)29-14-19-6-7-19)35-27(13-22)34-17-21-10-8-20(16-31)9-11-21/h2-5,8-12,15,19,22,27,31H,6-7,13-14,16-17H2,1H3,(H,29,33)/t22-,27+/m1/s1. The van der Waals surface area contributed by atoms with E-state index in [4.69, 9.17) is 9.47 Å². The Morgan fingerprint density at radius 3 is 2.57 bits per heavy atom. The lowest BCUT2D eigenvalue weighted by Gasteiger charge is -2.29. The average Bonchev–Trinajstić information content (AvgIpc) is 3.63. The van der Waals surface area contributed by atoms with Crippen LogP contribution in [0.1, 0.15) is 53.6 Å². The van der Waals surface area contributed by atoms with Gasteiger partial charge in [0, 0.05) is 37.4 Å². The fourth-order valence-electron chi connectivity index (χ4n) is 4.47. The van der Waals surface area contributed by atoms with Gasteiger partial charge in [0.05, 0.1) is 18.7 Å². The lowest BCUT2D eigenvalue weighted by atomic mass is 9.92. The van der Waals surface area contributed by atoms with Gasteiger partial charge in [0.1, 0.15) is 0 Å². The van der Waals surface area contributed by atoms with Crippen LogP contribution in [0.4, 0.5) is 0 Å². The van der Waals surface area contributed by atoms with Crippen molar-refractivity contribution in [3.63, 3.8) is 0 Å². The molecule has 2 heterocycles. The summed E-state index contributed by atoms with van der Waals surface area (Å²) >= 11 is 0. The molecule has 0 radical (unpaired) electrons. The van der Waals surface area contributed by atoms with E-state index in [1.165, 1.54) is 0 Å². The third-order valence-corrected chi connectivity index (χ3v) is 6.65. The van der Waals surface area contributed by atoms with Crippen molar-refractivity contribution in [1.82, 2.24) is 9.88 Å². The zero-order valence-corrected chi connectivity index (χ0v) is 19.8. The zero-order chi connectivity index (χ0) is 24.4. The molecule has 5 rings (SSSR count). The number of para-hydroxylation sites is 1. The van der Waals surface area contributed by atoms with Gasteiger partial charge in [-0.25, -0.2) is 0 Å². The van der Waals surface area contributed by atoms with Crippen molar-refractivity contribution in [3.8, 4) is 0 Å². The molecule has 0 bridgehead atoms. The maximum Gasteiger partial charge on any atom is 0.286 e. The number of rotatable bonds is 8. The van der Waals surface area contributed by atoms with Gasteiger partial charge in [0.15, 0.2) is 5.76 Å². The Kier molecular flexibility index (Phi) is 6.70. The topological polar surface area (TPSA) is 89.8 Å². The Bertz CT molecular complexity index is 1260. The summed E-state index contributed by atoms with van der Waals surface area (Å²) in [5.74, 6) is 0.351. The lowest BCUT2D eigenvalue weighted by Crippen LogP contribution is -2.33. The molecule has 7 nitrogen and oxygen atoms in total. The number of aliphatic hydroxyl groups excluding tert-OH is 1. The molecule has 0 unspecified atom stereocenters. The van der Waals surface area contributed by atoms with Crippen molar-refractivity contribution in [2.24, 2.45) is 5.92 Å². The highest BCUT2D eigenvalue weighted by molar-refractivity contribution is 5.95. The van der Waals surface area contributed by atoms with E-state index in [1.54, 1.807) is 11.5 Å². The van der Waals surface area contributed by atoms with Crippen LogP contribution in [0, 0.1) is 5.92 Å². The van der Waals surface area contributed by atoms with E-state index in [1.807, 2.05) is 60.8 Å². The molecular formula is C28H30N2O5. The monoisotopic (exact) mass is 474 g/mol. The van der Waals surface area contributed by atoms with Crippen molar-refractivity contribution < 1.29 is 24.2 Å². The summed E-state index contributed by atoms with van der Waals surface area (Å²) in [7, 11) is 0. The van der Waals surface area contributed by atoms with Gasteiger partial charge >= 0.3 is 0 Å². The van der Waals surface area contributed by atoms with Crippen LogP contribution in [0.15, 0.2) is 66.6 Å². The molecule has 7 heteroatoms. The van der Waals surface area contributed by atoms with Gasteiger partial charge in [-0.1, -0.05) is 42.5 Å². The molecular weight excluding hydrogens is 444 g/mol. The molecule has 2 aliphatic rings. The van der Waals surface area contributed by atoms with Crippen molar-refractivity contribution in [1.29, 1.82) is 0 Å². The van der Waals surface area contributed by atoms with Crippen LogP contribution >= 0.6 is 0 Å². The predicted molar refractivity (Wildman–Crippen MR) is 131 cm³/mol. The molecule has 3 aromatic rings. The number of hydrogen-bond acceptors (Lipinski definition) is 5. The molecule has 182 valence electrons. The van der Waals surface area contributed by atoms with Crippen LogP contribution < -0.4 is 5.32 Å². The van der Waals surface area contributed by atoms with E-state index in [2.05, 4.69) is 5.32 Å². The van der Waals surface area contributed by atoms with Gasteiger partial charge in [0.25, 0.3) is 5.91 Å². The molecule has 1 fully saturated rings. The third-order valence-electron chi connectivity index (χ3n) is 6.65. The Morgan fingerprint density at radius 1 is 1.11 bits per heavy atom. The van der Waals surface area contributed by atoms with Crippen LogP contribution in [0.2, 0.25) is 0 Å². The average molecular weight is 475 g/mol. The summed E-state index contributed by atoms with van der Waals surface area (Å²) in [5, 5.41) is 13.2. The van der Waals surface area contributed by atoms with E-state index >= 15 is 0 Å². The fourth-order valence-corrected chi connectivity index (χ4v) is 4.47. The minimum absolute atomic E-state index is 0.00740. The number of carbonyl (C=O) groups is 2. The highest BCUT2D eigenvalue weighted by Gasteiger charge is 2.31. The lowest BCUT2D eigenvalue weighted by molar-refractivity contribution is -0.150. The number of carbonyl (C=O) groups excluding carboxylic acids is 2. The zero-order valence-electron chi connectivity index (χ0n) is 19.8. The third kappa shape index (κ3) is 5.31. The number of nitrogens with zero attached hydrogens (tertiary/aromatic N) is 1. The maximum atomic E-state index is 12.9. The minimum atomic E-state index is -0.622. The Hall–Kier alpha value is -3.42. The van der Waals surface area contributed by atoms with E-state index in [0.717, 1.165) is 40.4 Å². The minimum Gasteiger partial charge on any atom is -0.459 e. The van der Waals surface area contributed by atoms with E-state index in [9.17, 15) is 14.7 Å². The number of allylic oxidation sites excluding steroid dienone is 1. The summed E-state index contributed by atoms with van der Waals surface area (Å²) in [5.41, 5.74) is 3.59. The van der Waals surface area contributed by atoms with Crippen LogP contribution in [-0.2, 0) is 27.5 Å². The second-order valence-electron chi connectivity index (χ2n) is 9.35. The molecule has 1 aliphatic heterocycles. The van der Waals surface area contributed by atoms with E-state index in [-0.39, 0.29) is 30.1 Å². The first kappa shape index (κ1) is 23.3. The molecule has 2 N–H and O–H groups in total. The first-order valence-corrected chi connectivity index (χ1v) is 12.1. The molecule has 1 aromatic heterocycles. The van der Waals surface area contributed by atoms with Crippen molar-refractivity contribution in [3.05, 3.63) is 83.3 Å². The van der Waals surface area contributed by atoms with Gasteiger partial charge in [-0.05, 0) is 47.6 Å². The van der Waals surface area contributed by atoms with Crippen LogP contribution in [-0.4, -0.2) is 34.3 Å². The number of benzene rings is 2. The molecule has 0 saturated heterocycles. The molecule has 0 spiro atoms. The highest BCUT2D eigenvalue weighted by Crippen LogP contribution is 2.37. The number of hydrogen-bond donors (Lipinski definition) is 2. The Labute approximate surface area is 204 Å². The molecule has 1 aliphatic carbocycles. The normalized spacial score (nSPS) is 19.8. The number of ether oxygens (including phenoxy) is 2. The van der Waals surface area contributed by atoms with Gasteiger partial charge in [-0.3, -0.25) is 14.2 Å². The molecule has 1 saturated carbocycles. The number of nitrogens with one attached hydrogen (secondary N) is 1. The summed E-state index contributed by atoms with van der Waals surface area (Å²) in [6, 6.07) is 15.3. The number of amides is 1. The second-order valence-corrected chi connectivity index (χ2v) is 9.35. The van der Waals surface area contributed by atoms with Gasteiger partial charge in [0.2, 0.25) is 12.2 Å². The smallest absolute Gasteiger partial charge is 0.286 e. The van der Waals surface area contributed by atoms with Crippen molar-refractivity contribution >= 4 is 22.7 Å². The van der Waals surface area contributed by atoms with Crippen LogP contribution in [0.5, 0.6) is 0 Å². The number of aromatic nitrogens is 1. The Balaban J connectivity index is 1.40. The number of aliphatic hydroxyl groups is 1. The van der Waals surface area contributed by atoms with E-state index < -0.39 is 6.29 Å². The largest absolute Gasteiger partial charge is 0.459 e. The van der Waals surface area contributed by atoms with Crippen molar-refractivity contribution in [2.45, 2.75) is 51.6 Å². The first-order chi connectivity index (χ1) is 17.0. The SMILES string of the molecule is CC(=O)n1cc([C@@H]2C=C(C(=O)NCC3CC3)O[C@H](OCc3ccc(CO)cc3)C2)c2ccccc21. The summed E-state index contributed by atoms with van der Waals surface area (Å²) in [6.45, 7) is 2.50. The maximum absolute atomic E-state index is 12.9. The Morgan fingerprint density at radius 2 is 1.86 bits per heavy atom. The molecule has 2 aromatic carbocycles. The summed E-state index contributed by atoms with van der Waals surface area (Å²) < 4.78 is 13.8. The van der Waals surface area contributed by atoms with Gasteiger partial charge in [-0.2, -0.15) is 0 Å². The highest BCUT2D eigenvalue weighted by atomic mass is 16.7. The summed E-state index contributed by atoms with van der Waals surface area (Å²) in [4.78, 5) is 25.2. The predicted octanol–water partition coefficient (Wildman–Crippen LogP) is 4.25. The van der Waals surface area contributed by atoms with Gasteiger partial charge < -0.3 is 19.9 Å². The second kappa shape index (κ2) is 10.1. The summed E-state index contributed by atoms with van der Waals surface area (Å²) in [6.07, 6.45) is 5.90.